The quantitative estimate of drug-likeness (QED) is 0.202. The van der Waals surface area contributed by atoms with E-state index in [9.17, 15) is 34.2 Å². The molecule has 4 aromatic rings. The Morgan fingerprint density at radius 3 is 1.85 bits per heavy atom. The van der Waals surface area contributed by atoms with Gasteiger partial charge >= 0.3 is 17.9 Å². The molecule has 0 aromatic heterocycles. The number of carbonyl (C=O) groups is 5. The number of hydrogen-bond acceptors (Lipinski definition) is 7. The molecule has 0 saturated heterocycles. The number of fused-ring (bicyclic) bond motifs is 1. The van der Waals surface area contributed by atoms with Crippen LogP contribution in [0.1, 0.15) is 70.3 Å². The summed E-state index contributed by atoms with van der Waals surface area (Å²) in [6.45, 7) is 0. The third kappa shape index (κ3) is 5.39. The summed E-state index contributed by atoms with van der Waals surface area (Å²) in [7, 11) is 0. The van der Waals surface area contributed by atoms with Crippen molar-refractivity contribution < 1.29 is 43.7 Å². The van der Waals surface area contributed by atoms with Crippen LogP contribution in [0.25, 0.3) is 0 Å². The number of amides is 2. The number of carboxylic acid groups (broad SMARTS) is 2. The topological polar surface area (TPSA) is 156 Å². The summed E-state index contributed by atoms with van der Waals surface area (Å²) in [6.07, 6.45) is -2.54. The molecule has 0 unspecified atom stereocenters. The number of nitrogens with one attached hydrogen (secondary N) is 1. The van der Waals surface area contributed by atoms with Crippen molar-refractivity contribution in [2.75, 3.05) is 0 Å². The van der Waals surface area contributed by atoms with E-state index in [0.717, 1.165) is 12.1 Å². The first-order chi connectivity index (χ1) is 19.7. The van der Waals surface area contributed by atoms with Gasteiger partial charge in [-0.3, -0.25) is 14.9 Å². The number of aromatic carboxylic acids is 2. The van der Waals surface area contributed by atoms with Gasteiger partial charge < -0.3 is 19.7 Å². The second kappa shape index (κ2) is 11.1. The highest BCUT2D eigenvalue weighted by molar-refractivity contribution is 6.22. The van der Waals surface area contributed by atoms with E-state index in [2.05, 4.69) is 5.32 Å². The van der Waals surface area contributed by atoms with Gasteiger partial charge in [0.15, 0.2) is 6.10 Å². The van der Waals surface area contributed by atoms with Gasteiger partial charge in [0.2, 0.25) is 6.10 Å². The van der Waals surface area contributed by atoms with Crippen LogP contribution in [0.2, 0.25) is 0 Å². The third-order valence-corrected chi connectivity index (χ3v) is 6.43. The van der Waals surface area contributed by atoms with Crippen LogP contribution in [0, 0.1) is 0 Å². The van der Waals surface area contributed by atoms with Crippen molar-refractivity contribution >= 4 is 29.7 Å². The van der Waals surface area contributed by atoms with E-state index < -0.39 is 53.1 Å². The zero-order chi connectivity index (χ0) is 29.1. The molecule has 0 saturated carbocycles. The average molecular weight is 552 g/mol. The standard InChI is InChI=1S/C31H21NO9/c33-27-21-12-7-13-23(24(21)28(34)32-27)40-26(19-14-15-20(29(35)36)22(16-19)30(37)38)31(39)41-25(17-8-3-1-4-9-17)18-10-5-2-6-11-18/h1-16,25-26H,(H,35,36)(H,37,38)(H,32,33,34)/t26-/m1/s1. The van der Waals surface area contributed by atoms with Crippen LogP contribution < -0.4 is 10.1 Å². The lowest BCUT2D eigenvalue weighted by Crippen LogP contribution is -2.25. The van der Waals surface area contributed by atoms with Crippen LogP contribution in [-0.4, -0.2) is 39.9 Å². The fourth-order valence-corrected chi connectivity index (χ4v) is 4.52. The first kappa shape index (κ1) is 26.8. The van der Waals surface area contributed by atoms with Crippen molar-refractivity contribution in [3.8, 4) is 5.75 Å². The van der Waals surface area contributed by atoms with Crippen LogP contribution in [-0.2, 0) is 9.53 Å². The highest BCUT2D eigenvalue weighted by Gasteiger charge is 2.35. The lowest BCUT2D eigenvalue weighted by molar-refractivity contribution is -0.156. The van der Waals surface area contributed by atoms with Crippen molar-refractivity contribution in [2.45, 2.75) is 12.2 Å². The van der Waals surface area contributed by atoms with E-state index in [1.165, 1.54) is 24.3 Å². The van der Waals surface area contributed by atoms with Crippen molar-refractivity contribution in [2.24, 2.45) is 0 Å². The fourth-order valence-electron chi connectivity index (χ4n) is 4.52. The minimum Gasteiger partial charge on any atom is -0.478 e. The highest BCUT2D eigenvalue weighted by Crippen LogP contribution is 2.34. The molecule has 4 aromatic carbocycles. The van der Waals surface area contributed by atoms with Crippen molar-refractivity contribution in [3.05, 3.63) is 136 Å². The normalized spacial score (nSPS) is 12.8. The van der Waals surface area contributed by atoms with E-state index >= 15 is 0 Å². The molecule has 204 valence electrons. The molecular weight excluding hydrogens is 530 g/mol. The van der Waals surface area contributed by atoms with Crippen molar-refractivity contribution in [1.29, 1.82) is 0 Å². The van der Waals surface area contributed by atoms with Crippen molar-refractivity contribution in [1.82, 2.24) is 5.32 Å². The lowest BCUT2D eigenvalue weighted by Gasteiger charge is -2.24. The Morgan fingerprint density at radius 1 is 0.659 bits per heavy atom. The van der Waals surface area contributed by atoms with Gasteiger partial charge in [-0.05, 0) is 35.4 Å². The molecular formula is C31H21NO9. The van der Waals surface area contributed by atoms with Crippen LogP contribution in [0.5, 0.6) is 5.75 Å². The van der Waals surface area contributed by atoms with Gasteiger partial charge in [-0.25, -0.2) is 14.4 Å². The van der Waals surface area contributed by atoms with E-state index in [1.54, 1.807) is 60.7 Å². The van der Waals surface area contributed by atoms with E-state index in [1.807, 2.05) is 0 Å². The summed E-state index contributed by atoms with van der Waals surface area (Å²) in [5.41, 5.74) is 0.111. The number of carboxylic acids is 2. The minimum absolute atomic E-state index is 0.0403. The van der Waals surface area contributed by atoms with E-state index in [4.69, 9.17) is 9.47 Å². The van der Waals surface area contributed by atoms with Gasteiger partial charge in [0, 0.05) is 5.56 Å². The molecule has 2 amide bonds. The average Bonchev–Trinajstić information content (AvgIpc) is 3.28. The summed E-state index contributed by atoms with van der Waals surface area (Å²) in [6, 6.07) is 25.3. The Bertz CT molecular complexity index is 1640. The maximum Gasteiger partial charge on any atom is 0.353 e. The van der Waals surface area contributed by atoms with Crippen LogP contribution in [0.3, 0.4) is 0 Å². The third-order valence-electron chi connectivity index (χ3n) is 6.43. The second-order valence-corrected chi connectivity index (χ2v) is 9.01. The first-order valence-corrected chi connectivity index (χ1v) is 12.3. The predicted molar refractivity (Wildman–Crippen MR) is 143 cm³/mol. The summed E-state index contributed by atoms with van der Waals surface area (Å²) < 4.78 is 12.0. The number of ether oxygens (including phenoxy) is 2. The smallest absolute Gasteiger partial charge is 0.353 e. The van der Waals surface area contributed by atoms with Crippen LogP contribution in [0.4, 0.5) is 0 Å². The molecule has 0 fully saturated rings. The maximum absolute atomic E-state index is 13.9. The van der Waals surface area contributed by atoms with Gasteiger partial charge in [0.25, 0.3) is 11.8 Å². The molecule has 0 aliphatic carbocycles. The van der Waals surface area contributed by atoms with Gasteiger partial charge in [-0.1, -0.05) is 72.8 Å². The lowest BCUT2D eigenvalue weighted by atomic mass is 9.99. The van der Waals surface area contributed by atoms with Gasteiger partial charge in [0.1, 0.15) is 5.75 Å². The van der Waals surface area contributed by atoms with Gasteiger partial charge in [-0.2, -0.15) is 0 Å². The fraction of sp³-hybridized carbons (Fsp3) is 0.0645. The number of imide groups is 1. The first-order valence-electron chi connectivity index (χ1n) is 12.3. The Balaban J connectivity index is 1.60. The molecule has 1 aliphatic heterocycles. The molecule has 1 aliphatic rings. The Morgan fingerprint density at radius 2 is 1.27 bits per heavy atom. The molecule has 41 heavy (non-hydrogen) atoms. The van der Waals surface area contributed by atoms with Gasteiger partial charge in [-0.15, -0.1) is 0 Å². The van der Waals surface area contributed by atoms with E-state index in [0.29, 0.717) is 11.1 Å². The number of benzene rings is 4. The molecule has 10 nitrogen and oxygen atoms in total. The molecule has 5 rings (SSSR count). The summed E-state index contributed by atoms with van der Waals surface area (Å²) in [5.74, 6) is -5.45. The Kier molecular flexibility index (Phi) is 7.29. The number of carbonyl (C=O) groups excluding carboxylic acids is 3. The monoisotopic (exact) mass is 551 g/mol. The Hall–Kier alpha value is -5.77. The second-order valence-electron chi connectivity index (χ2n) is 9.01. The predicted octanol–water partition coefficient (Wildman–Crippen LogP) is 4.42. The number of rotatable bonds is 9. The van der Waals surface area contributed by atoms with Crippen molar-refractivity contribution in [3.63, 3.8) is 0 Å². The van der Waals surface area contributed by atoms with E-state index in [-0.39, 0.29) is 22.4 Å². The largest absolute Gasteiger partial charge is 0.478 e. The summed E-state index contributed by atoms with van der Waals surface area (Å²) >= 11 is 0. The maximum atomic E-state index is 13.9. The molecule has 1 heterocycles. The number of esters is 1. The zero-order valence-corrected chi connectivity index (χ0v) is 21.1. The molecule has 1 atom stereocenters. The van der Waals surface area contributed by atoms with Crippen LogP contribution in [0.15, 0.2) is 97.1 Å². The number of hydrogen-bond donors (Lipinski definition) is 3. The SMILES string of the molecule is O=C(O)c1ccc([C@@H](Oc2cccc3c2C(=O)NC3=O)C(=O)OC(c2ccccc2)c2ccccc2)cc1C(=O)O. The molecule has 3 N–H and O–H groups in total. The molecule has 10 heteroatoms. The molecule has 0 bridgehead atoms. The van der Waals surface area contributed by atoms with Gasteiger partial charge in [0.05, 0.1) is 22.3 Å². The summed E-state index contributed by atoms with van der Waals surface area (Å²) in [5, 5.41) is 21.3. The molecule has 0 radical (unpaired) electrons. The summed E-state index contributed by atoms with van der Waals surface area (Å²) in [4.78, 5) is 62.1. The minimum atomic E-state index is -1.65. The Labute approximate surface area is 232 Å². The zero-order valence-electron chi connectivity index (χ0n) is 21.1. The highest BCUT2D eigenvalue weighted by atomic mass is 16.6. The molecule has 0 spiro atoms. The van der Waals surface area contributed by atoms with Crippen LogP contribution >= 0.6 is 0 Å².